The third-order valence-corrected chi connectivity index (χ3v) is 3.73. The standard InChI is InChI=1S/C14H19BrO2/c15-13-4-6-14(7-5-13)17-11-10-16-9-8-12-2-1-3-12/h4-7,12H,1-3,8-11H2. The van der Waals surface area contributed by atoms with Gasteiger partial charge in [0.15, 0.2) is 0 Å². The first-order chi connectivity index (χ1) is 8.34. The second-order valence-electron chi connectivity index (χ2n) is 4.50. The van der Waals surface area contributed by atoms with Crippen molar-refractivity contribution in [3.63, 3.8) is 0 Å². The molecule has 94 valence electrons. The van der Waals surface area contributed by atoms with Gasteiger partial charge in [0.25, 0.3) is 0 Å². The van der Waals surface area contributed by atoms with Gasteiger partial charge in [-0.1, -0.05) is 35.2 Å². The van der Waals surface area contributed by atoms with Crippen LogP contribution in [0.1, 0.15) is 25.7 Å². The molecule has 1 saturated carbocycles. The number of ether oxygens (including phenoxy) is 2. The van der Waals surface area contributed by atoms with Crippen LogP contribution in [0.3, 0.4) is 0 Å². The molecule has 2 rings (SSSR count). The van der Waals surface area contributed by atoms with Gasteiger partial charge in [0.05, 0.1) is 6.61 Å². The molecule has 0 atom stereocenters. The van der Waals surface area contributed by atoms with Gasteiger partial charge >= 0.3 is 0 Å². The van der Waals surface area contributed by atoms with Gasteiger partial charge in [-0.3, -0.25) is 0 Å². The lowest BCUT2D eigenvalue weighted by Gasteiger charge is -2.24. The van der Waals surface area contributed by atoms with Crippen LogP contribution < -0.4 is 4.74 Å². The second kappa shape index (κ2) is 7.02. The van der Waals surface area contributed by atoms with E-state index >= 15 is 0 Å². The summed E-state index contributed by atoms with van der Waals surface area (Å²) in [6, 6.07) is 7.87. The average Bonchev–Trinajstić information content (AvgIpc) is 2.28. The van der Waals surface area contributed by atoms with Gasteiger partial charge in [-0.2, -0.15) is 0 Å². The van der Waals surface area contributed by atoms with Crippen molar-refractivity contribution in [3.8, 4) is 5.75 Å². The molecule has 0 heterocycles. The zero-order chi connectivity index (χ0) is 11.9. The zero-order valence-corrected chi connectivity index (χ0v) is 11.6. The first-order valence-electron chi connectivity index (χ1n) is 6.31. The van der Waals surface area contributed by atoms with E-state index in [0.717, 1.165) is 22.7 Å². The molecule has 0 saturated heterocycles. The molecule has 1 aliphatic rings. The molecule has 0 spiro atoms. The van der Waals surface area contributed by atoms with Gasteiger partial charge < -0.3 is 9.47 Å². The van der Waals surface area contributed by atoms with Gasteiger partial charge in [-0.25, -0.2) is 0 Å². The molecule has 0 unspecified atom stereocenters. The minimum atomic E-state index is 0.631. The second-order valence-corrected chi connectivity index (χ2v) is 5.42. The monoisotopic (exact) mass is 298 g/mol. The van der Waals surface area contributed by atoms with Crippen molar-refractivity contribution >= 4 is 15.9 Å². The summed E-state index contributed by atoms with van der Waals surface area (Å²) in [5, 5.41) is 0. The summed E-state index contributed by atoms with van der Waals surface area (Å²) in [5.74, 6) is 1.83. The topological polar surface area (TPSA) is 18.5 Å². The maximum atomic E-state index is 5.56. The van der Waals surface area contributed by atoms with E-state index in [1.807, 2.05) is 24.3 Å². The fourth-order valence-electron chi connectivity index (χ4n) is 1.88. The minimum absolute atomic E-state index is 0.631. The average molecular weight is 299 g/mol. The Morgan fingerprint density at radius 3 is 2.47 bits per heavy atom. The molecule has 0 bridgehead atoms. The van der Waals surface area contributed by atoms with Crippen molar-refractivity contribution in [2.75, 3.05) is 19.8 Å². The van der Waals surface area contributed by atoms with E-state index in [-0.39, 0.29) is 0 Å². The lowest BCUT2D eigenvalue weighted by molar-refractivity contribution is 0.0812. The number of rotatable bonds is 7. The van der Waals surface area contributed by atoms with E-state index in [1.54, 1.807) is 0 Å². The summed E-state index contributed by atoms with van der Waals surface area (Å²) in [7, 11) is 0. The molecule has 1 aromatic rings. The number of hydrogen-bond acceptors (Lipinski definition) is 2. The summed E-state index contributed by atoms with van der Waals surface area (Å²) in [6.45, 7) is 2.20. The maximum absolute atomic E-state index is 5.56. The molecule has 2 nitrogen and oxygen atoms in total. The van der Waals surface area contributed by atoms with Crippen LogP contribution in [0.25, 0.3) is 0 Å². The summed E-state index contributed by atoms with van der Waals surface area (Å²) in [4.78, 5) is 0. The zero-order valence-electron chi connectivity index (χ0n) is 10.0. The number of halogens is 1. The molecule has 1 fully saturated rings. The van der Waals surface area contributed by atoms with E-state index in [1.165, 1.54) is 25.7 Å². The van der Waals surface area contributed by atoms with Crippen LogP contribution in [-0.4, -0.2) is 19.8 Å². The lowest BCUT2D eigenvalue weighted by atomic mass is 9.83. The summed E-state index contributed by atoms with van der Waals surface area (Å²) >= 11 is 3.39. The van der Waals surface area contributed by atoms with Crippen LogP contribution in [-0.2, 0) is 4.74 Å². The van der Waals surface area contributed by atoms with E-state index < -0.39 is 0 Å². The van der Waals surface area contributed by atoms with Crippen LogP contribution in [0, 0.1) is 5.92 Å². The van der Waals surface area contributed by atoms with Gasteiger partial charge in [0, 0.05) is 11.1 Å². The minimum Gasteiger partial charge on any atom is -0.491 e. The highest BCUT2D eigenvalue weighted by molar-refractivity contribution is 9.10. The number of hydrogen-bond donors (Lipinski definition) is 0. The molecule has 0 radical (unpaired) electrons. The maximum Gasteiger partial charge on any atom is 0.119 e. The quantitative estimate of drug-likeness (QED) is 0.708. The van der Waals surface area contributed by atoms with Gasteiger partial charge in [0.1, 0.15) is 12.4 Å². The molecule has 0 amide bonds. The van der Waals surface area contributed by atoms with E-state index in [0.29, 0.717) is 13.2 Å². The highest BCUT2D eigenvalue weighted by Crippen LogP contribution is 2.29. The molecule has 1 aliphatic carbocycles. The van der Waals surface area contributed by atoms with Crippen molar-refractivity contribution < 1.29 is 9.47 Å². The predicted molar refractivity (Wildman–Crippen MR) is 72.4 cm³/mol. The van der Waals surface area contributed by atoms with Gasteiger partial charge in [-0.05, 0) is 36.6 Å². The SMILES string of the molecule is Brc1ccc(OCCOCCC2CCC2)cc1. The van der Waals surface area contributed by atoms with Crippen molar-refractivity contribution in [3.05, 3.63) is 28.7 Å². The van der Waals surface area contributed by atoms with Crippen molar-refractivity contribution in [2.45, 2.75) is 25.7 Å². The molecule has 17 heavy (non-hydrogen) atoms. The molecule has 0 aliphatic heterocycles. The smallest absolute Gasteiger partial charge is 0.119 e. The molecule has 0 aromatic heterocycles. The summed E-state index contributed by atoms with van der Waals surface area (Å²) in [6.07, 6.45) is 5.44. The fourth-order valence-corrected chi connectivity index (χ4v) is 2.15. The highest BCUT2D eigenvalue weighted by Gasteiger charge is 2.16. The first kappa shape index (κ1) is 12.9. The van der Waals surface area contributed by atoms with Crippen LogP contribution in [0.4, 0.5) is 0 Å². The van der Waals surface area contributed by atoms with E-state index in [9.17, 15) is 0 Å². The summed E-state index contributed by atoms with van der Waals surface area (Å²) < 4.78 is 12.2. The molecular formula is C14H19BrO2. The molecule has 0 N–H and O–H groups in total. The fraction of sp³-hybridized carbons (Fsp3) is 0.571. The third kappa shape index (κ3) is 4.68. The Hall–Kier alpha value is -0.540. The first-order valence-corrected chi connectivity index (χ1v) is 7.10. The van der Waals surface area contributed by atoms with Crippen molar-refractivity contribution in [1.82, 2.24) is 0 Å². The van der Waals surface area contributed by atoms with Gasteiger partial charge in [0.2, 0.25) is 0 Å². The Kier molecular flexibility index (Phi) is 5.33. The Labute approximate surface area is 111 Å². The van der Waals surface area contributed by atoms with Crippen molar-refractivity contribution in [1.29, 1.82) is 0 Å². The Bertz CT molecular complexity index is 319. The van der Waals surface area contributed by atoms with E-state index in [4.69, 9.17) is 9.47 Å². The molecule has 3 heteroatoms. The Balaban J connectivity index is 1.49. The van der Waals surface area contributed by atoms with Crippen LogP contribution in [0.5, 0.6) is 5.75 Å². The number of benzene rings is 1. The van der Waals surface area contributed by atoms with Crippen molar-refractivity contribution in [2.24, 2.45) is 5.92 Å². The van der Waals surface area contributed by atoms with Gasteiger partial charge in [-0.15, -0.1) is 0 Å². The normalized spacial score (nSPS) is 15.6. The molecular weight excluding hydrogens is 280 g/mol. The molecule has 1 aromatic carbocycles. The summed E-state index contributed by atoms with van der Waals surface area (Å²) in [5.41, 5.74) is 0. The van der Waals surface area contributed by atoms with Crippen LogP contribution in [0.2, 0.25) is 0 Å². The van der Waals surface area contributed by atoms with E-state index in [2.05, 4.69) is 15.9 Å². The Morgan fingerprint density at radius 2 is 1.82 bits per heavy atom. The highest BCUT2D eigenvalue weighted by atomic mass is 79.9. The van der Waals surface area contributed by atoms with Crippen LogP contribution in [0.15, 0.2) is 28.7 Å². The van der Waals surface area contributed by atoms with Crippen LogP contribution >= 0.6 is 15.9 Å². The third-order valence-electron chi connectivity index (χ3n) is 3.21. The lowest BCUT2D eigenvalue weighted by Crippen LogP contribution is -2.15. The predicted octanol–water partition coefficient (Wildman–Crippen LogP) is 4.03. The Morgan fingerprint density at radius 1 is 1.06 bits per heavy atom. The largest absolute Gasteiger partial charge is 0.491 e.